The van der Waals surface area contributed by atoms with Crippen LogP contribution in [0.2, 0.25) is 0 Å². The van der Waals surface area contributed by atoms with Gasteiger partial charge in [-0.05, 0) is 31.2 Å². The molecule has 0 aliphatic heterocycles. The van der Waals surface area contributed by atoms with Crippen LogP contribution in [0.25, 0.3) is 21.8 Å². The monoisotopic (exact) mass is 316 g/mol. The highest BCUT2D eigenvalue weighted by molar-refractivity contribution is 6.08. The molecule has 122 valence electrons. The third-order valence-electron chi connectivity index (χ3n) is 3.95. The van der Waals surface area contributed by atoms with Crippen molar-refractivity contribution in [1.29, 1.82) is 0 Å². The minimum absolute atomic E-state index is 0.264. The van der Waals surface area contributed by atoms with Crippen molar-refractivity contribution >= 4 is 21.8 Å². The number of fused-ring (bicyclic) bond motifs is 3. The number of para-hydroxylation sites is 1. The molecule has 0 amide bonds. The normalized spacial score (nSPS) is 14.4. The van der Waals surface area contributed by atoms with Crippen LogP contribution in [0.3, 0.4) is 0 Å². The molecule has 5 heteroatoms. The molecule has 0 bridgehead atoms. The van der Waals surface area contributed by atoms with Gasteiger partial charge in [-0.3, -0.25) is 0 Å². The summed E-state index contributed by atoms with van der Waals surface area (Å²) < 4.78 is 15.6. The second-order valence-electron chi connectivity index (χ2n) is 5.95. The van der Waals surface area contributed by atoms with Gasteiger partial charge in [-0.2, -0.15) is 0 Å². The number of nitrogens with zero attached hydrogens (tertiary/aromatic N) is 1. The first-order valence-corrected chi connectivity index (χ1v) is 7.79. The van der Waals surface area contributed by atoms with E-state index in [1.807, 2.05) is 28.8 Å². The molecule has 3 rings (SSSR count). The van der Waals surface area contributed by atoms with Crippen LogP contribution >= 0.6 is 0 Å². The van der Waals surface area contributed by atoms with Gasteiger partial charge >= 0.3 is 0 Å². The lowest BCUT2D eigenvalue weighted by molar-refractivity contribution is 0.141. The van der Waals surface area contributed by atoms with E-state index in [0.717, 1.165) is 21.8 Å². The molecule has 0 saturated heterocycles. The molecule has 3 aromatic rings. The number of aliphatic hydroxyl groups excluding tert-OH is 2. The predicted octanol–water partition coefficient (Wildman–Crippen LogP) is 2.26. The first-order chi connectivity index (χ1) is 11.1. The maximum absolute atomic E-state index is 13.6. The smallest absolute Gasteiger partial charge is 0.123 e. The number of hydrogen-bond donors (Lipinski definition) is 3. The van der Waals surface area contributed by atoms with Crippen molar-refractivity contribution in [1.82, 2.24) is 9.88 Å². The third-order valence-corrected chi connectivity index (χ3v) is 3.95. The Morgan fingerprint density at radius 2 is 1.78 bits per heavy atom. The SMILES string of the molecule is CC(O)CNCC(O)Cn1c2ccccc2c2cc(F)ccc21. The number of nitrogens with one attached hydrogen (secondary N) is 1. The van der Waals surface area contributed by atoms with Crippen LogP contribution in [0, 0.1) is 5.82 Å². The van der Waals surface area contributed by atoms with E-state index < -0.39 is 12.2 Å². The quantitative estimate of drug-likeness (QED) is 0.654. The standard InChI is InChI=1S/C18H21FN2O2/c1-12(22)9-20-10-14(23)11-21-17-5-3-2-4-15(17)16-8-13(19)6-7-18(16)21/h2-8,12,14,20,22-23H,9-11H2,1H3. The summed E-state index contributed by atoms with van der Waals surface area (Å²) in [6.45, 7) is 2.93. The van der Waals surface area contributed by atoms with Crippen LogP contribution in [-0.4, -0.2) is 40.1 Å². The first kappa shape index (κ1) is 15.9. The molecular weight excluding hydrogens is 295 g/mol. The zero-order valence-electron chi connectivity index (χ0n) is 13.0. The van der Waals surface area contributed by atoms with Crippen LogP contribution in [0.1, 0.15) is 6.92 Å². The van der Waals surface area contributed by atoms with E-state index in [2.05, 4.69) is 5.32 Å². The fraction of sp³-hybridized carbons (Fsp3) is 0.333. The Bertz CT molecular complexity index is 813. The Morgan fingerprint density at radius 1 is 1.04 bits per heavy atom. The third kappa shape index (κ3) is 3.37. The summed E-state index contributed by atoms with van der Waals surface area (Å²) >= 11 is 0. The van der Waals surface area contributed by atoms with Crippen LogP contribution in [0.5, 0.6) is 0 Å². The fourth-order valence-corrected chi connectivity index (χ4v) is 2.96. The van der Waals surface area contributed by atoms with E-state index in [1.165, 1.54) is 12.1 Å². The molecular formula is C18H21FN2O2. The average molecular weight is 316 g/mol. The molecule has 0 aliphatic carbocycles. The molecule has 3 N–H and O–H groups in total. The summed E-state index contributed by atoms with van der Waals surface area (Å²) in [5.41, 5.74) is 1.88. The van der Waals surface area contributed by atoms with E-state index in [0.29, 0.717) is 19.6 Å². The number of hydrogen-bond acceptors (Lipinski definition) is 3. The Labute approximate surface area is 134 Å². The highest BCUT2D eigenvalue weighted by Crippen LogP contribution is 2.29. The molecule has 4 nitrogen and oxygen atoms in total. The lowest BCUT2D eigenvalue weighted by Crippen LogP contribution is -2.34. The van der Waals surface area contributed by atoms with Crippen molar-refractivity contribution in [2.75, 3.05) is 13.1 Å². The zero-order chi connectivity index (χ0) is 16.4. The molecule has 0 radical (unpaired) electrons. The second kappa shape index (κ2) is 6.66. The Hall–Kier alpha value is -1.95. The lowest BCUT2D eigenvalue weighted by Gasteiger charge is -2.15. The van der Waals surface area contributed by atoms with Crippen molar-refractivity contribution in [3.05, 3.63) is 48.3 Å². The van der Waals surface area contributed by atoms with Crippen LogP contribution in [-0.2, 0) is 6.54 Å². The van der Waals surface area contributed by atoms with Crippen molar-refractivity contribution in [2.45, 2.75) is 25.7 Å². The highest BCUT2D eigenvalue weighted by atomic mass is 19.1. The van der Waals surface area contributed by atoms with Gasteiger partial charge in [0.05, 0.1) is 18.8 Å². The molecule has 0 spiro atoms. The van der Waals surface area contributed by atoms with Gasteiger partial charge in [-0.15, -0.1) is 0 Å². The van der Waals surface area contributed by atoms with Gasteiger partial charge in [-0.25, -0.2) is 4.39 Å². The number of aliphatic hydroxyl groups is 2. The average Bonchev–Trinajstić information content (AvgIpc) is 2.81. The van der Waals surface area contributed by atoms with Gasteiger partial charge in [0.1, 0.15) is 5.82 Å². The molecule has 23 heavy (non-hydrogen) atoms. The van der Waals surface area contributed by atoms with Crippen molar-refractivity contribution in [2.24, 2.45) is 0 Å². The van der Waals surface area contributed by atoms with Gasteiger partial charge in [-0.1, -0.05) is 18.2 Å². The second-order valence-corrected chi connectivity index (χ2v) is 5.95. The Balaban J connectivity index is 1.92. The number of aromatic nitrogens is 1. The summed E-state index contributed by atoms with van der Waals surface area (Å²) in [4.78, 5) is 0. The molecule has 2 atom stereocenters. The van der Waals surface area contributed by atoms with Gasteiger partial charge in [0.25, 0.3) is 0 Å². The maximum Gasteiger partial charge on any atom is 0.123 e. The number of benzene rings is 2. The van der Waals surface area contributed by atoms with E-state index in [4.69, 9.17) is 0 Å². The highest BCUT2D eigenvalue weighted by Gasteiger charge is 2.14. The Morgan fingerprint density at radius 3 is 2.57 bits per heavy atom. The minimum atomic E-state index is -0.599. The lowest BCUT2D eigenvalue weighted by atomic mass is 10.1. The van der Waals surface area contributed by atoms with Crippen molar-refractivity contribution in [3.8, 4) is 0 Å². The topological polar surface area (TPSA) is 57.4 Å². The van der Waals surface area contributed by atoms with E-state index >= 15 is 0 Å². The van der Waals surface area contributed by atoms with Gasteiger partial charge < -0.3 is 20.1 Å². The summed E-state index contributed by atoms with van der Waals surface area (Å²) in [7, 11) is 0. The number of rotatable bonds is 6. The van der Waals surface area contributed by atoms with Crippen LogP contribution in [0.15, 0.2) is 42.5 Å². The van der Waals surface area contributed by atoms with Crippen LogP contribution in [0.4, 0.5) is 4.39 Å². The molecule has 1 aromatic heterocycles. The van der Waals surface area contributed by atoms with E-state index in [9.17, 15) is 14.6 Å². The van der Waals surface area contributed by atoms with Crippen molar-refractivity contribution < 1.29 is 14.6 Å². The van der Waals surface area contributed by atoms with Gasteiger partial charge in [0, 0.05) is 34.9 Å². The minimum Gasteiger partial charge on any atom is -0.392 e. The largest absolute Gasteiger partial charge is 0.392 e. The fourth-order valence-electron chi connectivity index (χ4n) is 2.96. The van der Waals surface area contributed by atoms with Crippen LogP contribution < -0.4 is 5.32 Å². The summed E-state index contributed by atoms with van der Waals surface area (Å²) in [5, 5.41) is 24.4. The molecule has 1 heterocycles. The van der Waals surface area contributed by atoms with Gasteiger partial charge in [0.2, 0.25) is 0 Å². The zero-order valence-corrected chi connectivity index (χ0v) is 13.0. The predicted molar refractivity (Wildman–Crippen MR) is 90.0 cm³/mol. The first-order valence-electron chi connectivity index (χ1n) is 7.79. The van der Waals surface area contributed by atoms with Crippen molar-refractivity contribution in [3.63, 3.8) is 0 Å². The van der Waals surface area contributed by atoms with Gasteiger partial charge in [0.15, 0.2) is 0 Å². The maximum atomic E-state index is 13.6. The molecule has 0 fully saturated rings. The summed E-state index contributed by atoms with van der Waals surface area (Å²) in [6, 6.07) is 12.5. The Kier molecular flexibility index (Phi) is 4.61. The molecule has 0 saturated carbocycles. The summed E-state index contributed by atoms with van der Waals surface area (Å²) in [6.07, 6.45) is -1.05. The molecule has 2 unspecified atom stereocenters. The van der Waals surface area contributed by atoms with E-state index in [1.54, 1.807) is 13.0 Å². The summed E-state index contributed by atoms with van der Waals surface area (Å²) in [5.74, 6) is -0.264. The van der Waals surface area contributed by atoms with E-state index in [-0.39, 0.29) is 5.82 Å². The molecule has 0 aliphatic rings. The number of halogens is 1. The molecule has 2 aromatic carbocycles.